The van der Waals surface area contributed by atoms with E-state index in [1.807, 2.05) is 25.1 Å². The number of phenols is 1. The molecule has 0 bridgehead atoms. The van der Waals surface area contributed by atoms with Crippen LogP contribution in [0, 0.1) is 6.92 Å². The molecule has 0 spiro atoms. The Morgan fingerprint density at radius 2 is 2.08 bits per heavy atom. The van der Waals surface area contributed by atoms with Gasteiger partial charge in [0.15, 0.2) is 0 Å². The van der Waals surface area contributed by atoms with E-state index in [9.17, 15) is 9.90 Å². The van der Waals surface area contributed by atoms with Crippen LogP contribution in [0.1, 0.15) is 21.5 Å². The van der Waals surface area contributed by atoms with Crippen LogP contribution in [0.2, 0.25) is 0 Å². The molecule has 1 heterocycles. The molecule has 1 aliphatic heterocycles. The molecule has 0 aromatic heterocycles. The number of aryl methyl sites for hydroxylation is 1. The molecule has 1 aliphatic rings. The maximum absolute atomic E-state index is 12.3. The number of nitrogens with one attached hydrogen (secondary N) is 1. The molecule has 1 unspecified atom stereocenters. The summed E-state index contributed by atoms with van der Waals surface area (Å²) < 4.78 is 5.77. The van der Waals surface area contributed by atoms with E-state index in [1.165, 1.54) is 5.56 Å². The first-order valence-corrected chi connectivity index (χ1v) is 8.57. The summed E-state index contributed by atoms with van der Waals surface area (Å²) in [4.78, 5) is 14.6. The first kappa shape index (κ1) is 17.5. The standard InChI is InChI=1S/C20H24N2O3/c1-15-7-8-19(23)18(11-15)20(24)21-12-17-14-22(9-10-25-17)13-16-5-3-2-4-6-16/h2-8,11,17,23H,9-10,12-14H2,1H3,(H,21,24). The summed E-state index contributed by atoms with van der Waals surface area (Å²) in [6.07, 6.45) is -0.0478. The minimum atomic E-state index is -0.273. The topological polar surface area (TPSA) is 61.8 Å². The van der Waals surface area contributed by atoms with Gasteiger partial charge in [0.05, 0.1) is 18.3 Å². The Labute approximate surface area is 148 Å². The largest absolute Gasteiger partial charge is 0.507 e. The lowest BCUT2D eigenvalue weighted by atomic mass is 10.1. The van der Waals surface area contributed by atoms with E-state index in [0.717, 1.165) is 25.2 Å². The lowest BCUT2D eigenvalue weighted by Gasteiger charge is -2.33. The van der Waals surface area contributed by atoms with Crippen LogP contribution in [0.3, 0.4) is 0 Å². The first-order chi connectivity index (χ1) is 12.1. The molecule has 2 N–H and O–H groups in total. The van der Waals surface area contributed by atoms with Crippen LogP contribution in [-0.4, -0.2) is 48.3 Å². The summed E-state index contributed by atoms with van der Waals surface area (Å²) in [5.74, 6) is -0.275. The molecule has 25 heavy (non-hydrogen) atoms. The second kappa shape index (κ2) is 8.14. The van der Waals surface area contributed by atoms with Gasteiger partial charge < -0.3 is 15.2 Å². The molecule has 0 radical (unpaired) electrons. The van der Waals surface area contributed by atoms with Crippen molar-refractivity contribution in [2.24, 2.45) is 0 Å². The zero-order chi connectivity index (χ0) is 17.6. The number of nitrogens with zero attached hydrogens (tertiary/aromatic N) is 1. The van der Waals surface area contributed by atoms with Gasteiger partial charge in [-0.05, 0) is 24.6 Å². The third-order valence-electron chi connectivity index (χ3n) is 4.36. The van der Waals surface area contributed by atoms with Crippen molar-refractivity contribution in [2.75, 3.05) is 26.2 Å². The molecule has 1 saturated heterocycles. The van der Waals surface area contributed by atoms with Gasteiger partial charge in [-0.1, -0.05) is 42.0 Å². The van der Waals surface area contributed by atoms with Gasteiger partial charge in [-0.15, -0.1) is 0 Å². The van der Waals surface area contributed by atoms with Crippen molar-refractivity contribution >= 4 is 5.91 Å². The molecule has 1 atom stereocenters. The van der Waals surface area contributed by atoms with Crippen molar-refractivity contribution in [1.29, 1.82) is 0 Å². The summed E-state index contributed by atoms with van der Waals surface area (Å²) in [6, 6.07) is 15.3. The monoisotopic (exact) mass is 340 g/mol. The van der Waals surface area contributed by atoms with Crippen LogP contribution < -0.4 is 5.32 Å². The predicted octanol–water partition coefficient (Wildman–Crippen LogP) is 2.33. The summed E-state index contributed by atoms with van der Waals surface area (Å²) in [7, 11) is 0. The van der Waals surface area contributed by atoms with Crippen LogP contribution >= 0.6 is 0 Å². The van der Waals surface area contributed by atoms with Gasteiger partial charge in [-0.25, -0.2) is 0 Å². The predicted molar refractivity (Wildman–Crippen MR) is 96.6 cm³/mol. The SMILES string of the molecule is Cc1ccc(O)c(C(=O)NCC2CN(Cc3ccccc3)CCO2)c1. The number of carbonyl (C=O) groups is 1. The van der Waals surface area contributed by atoms with E-state index in [0.29, 0.717) is 18.7 Å². The fourth-order valence-electron chi connectivity index (χ4n) is 3.02. The van der Waals surface area contributed by atoms with E-state index < -0.39 is 0 Å². The maximum atomic E-state index is 12.3. The fourth-order valence-corrected chi connectivity index (χ4v) is 3.02. The zero-order valence-corrected chi connectivity index (χ0v) is 14.4. The molecule has 1 amide bonds. The molecular weight excluding hydrogens is 316 g/mol. The normalized spacial score (nSPS) is 18.0. The van der Waals surface area contributed by atoms with E-state index in [1.54, 1.807) is 18.2 Å². The van der Waals surface area contributed by atoms with Gasteiger partial charge in [0.25, 0.3) is 5.91 Å². The molecule has 5 heteroatoms. The number of carbonyl (C=O) groups excluding carboxylic acids is 1. The van der Waals surface area contributed by atoms with Crippen LogP contribution in [0.5, 0.6) is 5.75 Å². The van der Waals surface area contributed by atoms with Crippen LogP contribution in [0.15, 0.2) is 48.5 Å². The number of hydrogen-bond acceptors (Lipinski definition) is 4. The Bertz CT molecular complexity index is 718. The highest BCUT2D eigenvalue weighted by atomic mass is 16.5. The molecule has 132 valence electrons. The Morgan fingerprint density at radius 3 is 2.88 bits per heavy atom. The van der Waals surface area contributed by atoms with Crippen molar-refractivity contribution in [2.45, 2.75) is 19.6 Å². The number of benzene rings is 2. The quantitative estimate of drug-likeness (QED) is 0.877. The van der Waals surface area contributed by atoms with Gasteiger partial charge in [0.1, 0.15) is 5.75 Å². The molecule has 0 saturated carbocycles. The van der Waals surface area contributed by atoms with Gasteiger partial charge in [-0.3, -0.25) is 9.69 Å². The number of amides is 1. The third-order valence-corrected chi connectivity index (χ3v) is 4.36. The average molecular weight is 340 g/mol. The molecule has 3 rings (SSSR count). The number of hydrogen-bond donors (Lipinski definition) is 2. The number of morpholine rings is 1. The molecule has 1 fully saturated rings. The fraction of sp³-hybridized carbons (Fsp3) is 0.350. The molecule has 5 nitrogen and oxygen atoms in total. The number of ether oxygens (including phenoxy) is 1. The highest BCUT2D eigenvalue weighted by Crippen LogP contribution is 2.18. The molecule has 2 aromatic rings. The number of aromatic hydroxyl groups is 1. The minimum absolute atomic E-state index is 0.00151. The lowest BCUT2D eigenvalue weighted by Crippen LogP contribution is -2.47. The highest BCUT2D eigenvalue weighted by molar-refractivity contribution is 5.97. The van der Waals surface area contributed by atoms with E-state index in [2.05, 4.69) is 22.3 Å². The van der Waals surface area contributed by atoms with E-state index in [4.69, 9.17) is 4.74 Å². The Kier molecular flexibility index (Phi) is 5.68. The highest BCUT2D eigenvalue weighted by Gasteiger charge is 2.21. The minimum Gasteiger partial charge on any atom is -0.507 e. The average Bonchev–Trinajstić information content (AvgIpc) is 2.63. The van der Waals surface area contributed by atoms with Crippen molar-refractivity contribution in [1.82, 2.24) is 10.2 Å². The summed E-state index contributed by atoms with van der Waals surface area (Å²) in [6.45, 7) is 5.52. The third kappa shape index (κ3) is 4.81. The van der Waals surface area contributed by atoms with Crippen LogP contribution in [-0.2, 0) is 11.3 Å². The summed E-state index contributed by atoms with van der Waals surface area (Å²) in [5.41, 5.74) is 2.51. The van der Waals surface area contributed by atoms with Gasteiger partial charge >= 0.3 is 0 Å². The maximum Gasteiger partial charge on any atom is 0.255 e. The van der Waals surface area contributed by atoms with Crippen molar-refractivity contribution in [3.63, 3.8) is 0 Å². The smallest absolute Gasteiger partial charge is 0.255 e. The van der Waals surface area contributed by atoms with E-state index in [-0.39, 0.29) is 17.8 Å². The van der Waals surface area contributed by atoms with Crippen molar-refractivity contribution in [3.05, 3.63) is 65.2 Å². The second-order valence-electron chi connectivity index (χ2n) is 6.44. The van der Waals surface area contributed by atoms with E-state index >= 15 is 0 Å². The Hall–Kier alpha value is -2.37. The number of phenolic OH excluding ortho intramolecular Hbond substituents is 1. The lowest BCUT2D eigenvalue weighted by molar-refractivity contribution is -0.0292. The van der Waals surface area contributed by atoms with Crippen molar-refractivity contribution in [3.8, 4) is 5.75 Å². The van der Waals surface area contributed by atoms with Gasteiger partial charge in [0, 0.05) is 26.2 Å². The van der Waals surface area contributed by atoms with Gasteiger partial charge in [-0.2, -0.15) is 0 Å². The van der Waals surface area contributed by atoms with Crippen LogP contribution in [0.25, 0.3) is 0 Å². The van der Waals surface area contributed by atoms with Crippen molar-refractivity contribution < 1.29 is 14.6 Å². The first-order valence-electron chi connectivity index (χ1n) is 8.57. The summed E-state index contributed by atoms with van der Waals surface area (Å²) in [5, 5.41) is 12.7. The van der Waals surface area contributed by atoms with Gasteiger partial charge in [0.2, 0.25) is 0 Å². The molecular formula is C20H24N2O3. The molecule has 0 aliphatic carbocycles. The number of rotatable bonds is 5. The Morgan fingerprint density at radius 1 is 1.28 bits per heavy atom. The second-order valence-corrected chi connectivity index (χ2v) is 6.44. The Balaban J connectivity index is 1.52. The zero-order valence-electron chi connectivity index (χ0n) is 14.4. The molecule has 2 aromatic carbocycles. The van der Waals surface area contributed by atoms with Crippen LogP contribution in [0.4, 0.5) is 0 Å². The summed E-state index contributed by atoms with van der Waals surface area (Å²) >= 11 is 0.